The zero-order valence-corrected chi connectivity index (χ0v) is 11.7. The van der Waals surface area contributed by atoms with E-state index in [4.69, 9.17) is 5.73 Å². The number of pyridine rings is 1. The standard InChI is InChI=1S/C16H14F2N4/c17-12-3-4-13(14(18)6-12)16-15(7-19)22(10-21-16)9-11-2-1-5-20-8-11/h1-6,8,10H,7,9,19H2. The Morgan fingerprint density at radius 2 is 2.05 bits per heavy atom. The van der Waals surface area contributed by atoms with Gasteiger partial charge in [0, 0.05) is 30.6 Å². The summed E-state index contributed by atoms with van der Waals surface area (Å²) < 4.78 is 28.8. The average Bonchev–Trinajstić information content (AvgIpc) is 2.91. The van der Waals surface area contributed by atoms with E-state index in [0.29, 0.717) is 17.9 Å². The summed E-state index contributed by atoms with van der Waals surface area (Å²) in [5.41, 5.74) is 8.15. The monoisotopic (exact) mass is 300 g/mol. The van der Waals surface area contributed by atoms with Crippen LogP contribution in [-0.4, -0.2) is 14.5 Å². The fourth-order valence-electron chi connectivity index (χ4n) is 2.35. The lowest BCUT2D eigenvalue weighted by atomic mass is 10.1. The third kappa shape index (κ3) is 2.73. The Balaban J connectivity index is 2.00. The molecule has 22 heavy (non-hydrogen) atoms. The Morgan fingerprint density at radius 1 is 1.18 bits per heavy atom. The molecule has 3 aromatic rings. The molecule has 0 aliphatic carbocycles. The van der Waals surface area contributed by atoms with Gasteiger partial charge in [-0.3, -0.25) is 4.98 Å². The number of nitrogens with two attached hydrogens (primary N) is 1. The minimum Gasteiger partial charge on any atom is -0.328 e. The summed E-state index contributed by atoms with van der Waals surface area (Å²) in [5.74, 6) is -1.27. The van der Waals surface area contributed by atoms with Crippen molar-refractivity contribution in [1.29, 1.82) is 0 Å². The molecule has 1 aromatic carbocycles. The first-order valence-corrected chi connectivity index (χ1v) is 6.77. The third-order valence-electron chi connectivity index (χ3n) is 3.40. The topological polar surface area (TPSA) is 56.7 Å². The van der Waals surface area contributed by atoms with Crippen LogP contribution in [-0.2, 0) is 13.1 Å². The van der Waals surface area contributed by atoms with Gasteiger partial charge in [-0.2, -0.15) is 0 Å². The highest BCUT2D eigenvalue weighted by atomic mass is 19.1. The molecule has 0 bridgehead atoms. The molecule has 0 atom stereocenters. The molecule has 0 saturated heterocycles. The van der Waals surface area contributed by atoms with E-state index >= 15 is 0 Å². The number of nitrogens with zero attached hydrogens (tertiary/aromatic N) is 3. The Kier molecular flexibility index (Phi) is 3.93. The fraction of sp³-hybridized carbons (Fsp3) is 0.125. The van der Waals surface area contributed by atoms with Crippen molar-refractivity contribution in [3.63, 3.8) is 0 Å². The minimum atomic E-state index is -0.652. The molecule has 112 valence electrons. The first kappa shape index (κ1) is 14.3. The molecular weight excluding hydrogens is 286 g/mol. The third-order valence-corrected chi connectivity index (χ3v) is 3.40. The molecule has 4 nitrogen and oxygen atoms in total. The Hall–Kier alpha value is -2.60. The van der Waals surface area contributed by atoms with Crippen LogP contribution < -0.4 is 5.73 Å². The van der Waals surface area contributed by atoms with E-state index in [1.54, 1.807) is 18.7 Å². The fourth-order valence-corrected chi connectivity index (χ4v) is 2.35. The van der Waals surface area contributed by atoms with E-state index in [9.17, 15) is 8.78 Å². The van der Waals surface area contributed by atoms with E-state index in [1.165, 1.54) is 12.1 Å². The van der Waals surface area contributed by atoms with Crippen LogP contribution in [0.25, 0.3) is 11.3 Å². The average molecular weight is 300 g/mol. The lowest BCUT2D eigenvalue weighted by Gasteiger charge is -2.09. The van der Waals surface area contributed by atoms with Crippen molar-refractivity contribution in [2.75, 3.05) is 0 Å². The molecule has 0 saturated carbocycles. The summed E-state index contributed by atoms with van der Waals surface area (Å²) in [4.78, 5) is 8.30. The second-order valence-electron chi connectivity index (χ2n) is 4.86. The maximum absolute atomic E-state index is 13.9. The molecule has 0 unspecified atom stereocenters. The number of hydrogen-bond acceptors (Lipinski definition) is 3. The Morgan fingerprint density at radius 3 is 2.73 bits per heavy atom. The summed E-state index contributed by atoms with van der Waals surface area (Å²) in [6.45, 7) is 0.739. The highest BCUT2D eigenvalue weighted by Crippen LogP contribution is 2.26. The molecule has 6 heteroatoms. The molecular formula is C16H14F2N4. The zero-order valence-electron chi connectivity index (χ0n) is 11.7. The van der Waals surface area contributed by atoms with Gasteiger partial charge in [0.05, 0.1) is 24.3 Å². The van der Waals surface area contributed by atoms with Gasteiger partial charge >= 0.3 is 0 Å². The predicted molar refractivity (Wildman–Crippen MR) is 78.8 cm³/mol. The van der Waals surface area contributed by atoms with E-state index in [0.717, 1.165) is 11.6 Å². The van der Waals surface area contributed by atoms with Crippen LogP contribution in [0.2, 0.25) is 0 Å². The molecule has 0 radical (unpaired) electrons. The SMILES string of the molecule is NCc1c(-c2ccc(F)cc2F)ncn1Cc1cccnc1. The summed E-state index contributed by atoms with van der Waals surface area (Å²) in [6.07, 6.45) is 5.05. The van der Waals surface area contributed by atoms with Crippen molar-refractivity contribution in [2.24, 2.45) is 5.73 Å². The molecule has 2 aromatic heterocycles. The first-order valence-electron chi connectivity index (χ1n) is 6.77. The molecule has 0 amide bonds. The summed E-state index contributed by atoms with van der Waals surface area (Å²) in [6, 6.07) is 7.20. The van der Waals surface area contributed by atoms with Gasteiger partial charge in [0.1, 0.15) is 11.6 Å². The van der Waals surface area contributed by atoms with Crippen LogP contribution in [0.5, 0.6) is 0 Å². The van der Waals surface area contributed by atoms with Crippen molar-refractivity contribution in [3.8, 4) is 11.3 Å². The summed E-state index contributed by atoms with van der Waals surface area (Å²) >= 11 is 0. The van der Waals surface area contributed by atoms with Gasteiger partial charge in [-0.15, -0.1) is 0 Å². The maximum Gasteiger partial charge on any atom is 0.135 e. The van der Waals surface area contributed by atoms with Crippen LogP contribution in [0.3, 0.4) is 0 Å². The number of benzene rings is 1. The van der Waals surface area contributed by atoms with Crippen LogP contribution in [0.1, 0.15) is 11.3 Å². The van der Waals surface area contributed by atoms with Crippen LogP contribution in [0.15, 0.2) is 49.1 Å². The van der Waals surface area contributed by atoms with Crippen molar-refractivity contribution in [2.45, 2.75) is 13.1 Å². The molecule has 0 fully saturated rings. The Bertz CT molecular complexity index is 784. The van der Waals surface area contributed by atoms with Gasteiger partial charge in [0.25, 0.3) is 0 Å². The van der Waals surface area contributed by atoms with E-state index in [2.05, 4.69) is 9.97 Å². The molecule has 0 aliphatic rings. The number of hydrogen-bond donors (Lipinski definition) is 1. The summed E-state index contributed by atoms with van der Waals surface area (Å²) in [7, 11) is 0. The first-order chi connectivity index (χ1) is 10.7. The lowest BCUT2D eigenvalue weighted by Crippen LogP contribution is -2.09. The normalized spacial score (nSPS) is 10.9. The van der Waals surface area contributed by atoms with Gasteiger partial charge in [0.15, 0.2) is 0 Å². The predicted octanol–water partition coefficient (Wildman–Crippen LogP) is 2.73. The second kappa shape index (κ2) is 6.03. The molecule has 2 heterocycles. The number of aromatic nitrogens is 3. The van der Waals surface area contributed by atoms with Crippen LogP contribution >= 0.6 is 0 Å². The smallest absolute Gasteiger partial charge is 0.135 e. The van der Waals surface area contributed by atoms with E-state index in [-0.39, 0.29) is 12.1 Å². The molecule has 2 N–H and O–H groups in total. The van der Waals surface area contributed by atoms with Crippen molar-refractivity contribution in [3.05, 3.63) is 71.9 Å². The molecule has 3 rings (SSSR count). The maximum atomic E-state index is 13.9. The second-order valence-corrected chi connectivity index (χ2v) is 4.86. The molecule has 0 spiro atoms. The van der Waals surface area contributed by atoms with Crippen molar-refractivity contribution >= 4 is 0 Å². The van der Waals surface area contributed by atoms with Crippen molar-refractivity contribution < 1.29 is 8.78 Å². The van der Waals surface area contributed by atoms with Gasteiger partial charge in [-0.1, -0.05) is 6.07 Å². The number of halogens is 2. The van der Waals surface area contributed by atoms with E-state index < -0.39 is 11.6 Å². The van der Waals surface area contributed by atoms with Crippen LogP contribution in [0.4, 0.5) is 8.78 Å². The van der Waals surface area contributed by atoms with Crippen LogP contribution in [0, 0.1) is 11.6 Å². The van der Waals surface area contributed by atoms with Gasteiger partial charge in [0.2, 0.25) is 0 Å². The highest BCUT2D eigenvalue weighted by molar-refractivity contribution is 5.62. The van der Waals surface area contributed by atoms with Gasteiger partial charge < -0.3 is 10.3 Å². The summed E-state index contributed by atoms with van der Waals surface area (Å²) in [5, 5.41) is 0. The quantitative estimate of drug-likeness (QED) is 0.806. The number of rotatable bonds is 4. The Labute approximate surface area is 126 Å². The zero-order chi connectivity index (χ0) is 15.5. The largest absolute Gasteiger partial charge is 0.328 e. The lowest BCUT2D eigenvalue weighted by molar-refractivity contribution is 0.585. The van der Waals surface area contributed by atoms with Crippen molar-refractivity contribution in [1.82, 2.24) is 14.5 Å². The minimum absolute atomic E-state index is 0.201. The highest BCUT2D eigenvalue weighted by Gasteiger charge is 2.15. The van der Waals surface area contributed by atoms with E-state index in [1.807, 2.05) is 16.7 Å². The number of imidazole rings is 1. The van der Waals surface area contributed by atoms with Gasteiger partial charge in [-0.05, 0) is 23.8 Å². The molecule has 0 aliphatic heterocycles. The van der Waals surface area contributed by atoms with Gasteiger partial charge in [-0.25, -0.2) is 13.8 Å².